The molecular weight excluding hydrogens is 540 g/mol. The van der Waals surface area contributed by atoms with E-state index in [-0.39, 0.29) is 0 Å². The predicted octanol–water partition coefficient (Wildman–Crippen LogP) is 4.51. The van der Waals surface area contributed by atoms with Crippen LogP contribution in [-0.4, -0.2) is 52.1 Å². The van der Waals surface area contributed by atoms with E-state index in [0.717, 1.165) is 39.3 Å². The van der Waals surface area contributed by atoms with Gasteiger partial charge in [0.25, 0.3) is 0 Å². The summed E-state index contributed by atoms with van der Waals surface area (Å²) >= 11 is 0. The Bertz CT molecular complexity index is 1920. The van der Waals surface area contributed by atoms with Gasteiger partial charge in [0.15, 0.2) is 15.5 Å². The van der Waals surface area contributed by atoms with Crippen molar-refractivity contribution in [3.63, 3.8) is 0 Å². The number of aliphatic imine (C=N–C) groups is 1. The number of nitrogens with one attached hydrogen (secondary N) is 1. The second kappa shape index (κ2) is 10.2. The number of hydrogen-bond acceptors (Lipinski definition) is 10. The summed E-state index contributed by atoms with van der Waals surface area (Å²) in [6.07, 6.45) is 4.40. The molecule has 0 amide bonds. The minimum absolute atomic E-state index is 0.381. The molecule has 1 aliphatic rings. The Morgan fingerprint density at radius 2 is 1.85 bits per heavy atom. The number of aryl methyl sites for hydroxylation is 1. The van der Waals surface area contributed by atoms with Crippen molar-refractivity contribution in [2.75, 3.05) is 23.1 Å². The van der Waals surface area contributed by atoms with E-state index in [9.17, 15) is 8.42 Å². The molecule has 0 aliphatic carbocycles. The third-order valence-corrected chi connectivity index (χ3v) is 8.40. The average molecular weight is 569 g/mol. The number of ether oxygens (including phenoxy) is 1. The minimum atomic E-state index is -3.22. The topological polar surface area (TPSA) is 140 Å². The smallest absolute Gasteiger partial charge is 0.224 e. The van der Waals surface area contributed by atoms with Crippen molar-refractivity contribution >= 4 is 38.4 Å². The monoisotopic (exact) mass is 568 g/mol. The molecule has 208 valence electrons. The Morgan fingerprint density at radius 3 is 2.66 bits per heavy atom. The summed E-state index contributed by atoms with van der Waals surface area (Å²) in [7, 11) is -3.22. The van der Waals surface area contributed by atoms with Gasteiger partial charge in [-0.05, 0) is 73.0 Å². The lowest BCUT2D eigenvalue weighted by molar-refractivity contribution is 0.458. The lowest BCUT2D eigenvalue weighted by atomic mass is 9.99. The molecule has 0 saturated carbocycles. The van der Waals surface area contributed by atoms with Crippen LogP contribution in [0.25, 0.3) is 16.8 Å². The first-order valence-corrected chi connectivity index (χ1v) is 14.8. The molecule has 3 aromatic carbocycles. The maximum atomic E-state index is 11.9. The maximum Gasteiger partial charge on any atom is 0.224 e. The van der Waals surface area contributed by atoms with E-state index in [1.54, 1.807) is 30.0 Å². The standard InChI is InChI=1S/C29H28N8O3S/c1-18-11-23(8-10-26(18)40-28-14-27-35-33-17-36(27)15-31-28)37-16-32-29(30)24-13-21(7-9-25(24)37)20-5-4-6-22(12-20)34-19(2)41(3,38)39/h4-15,17,19,34H,16H2,1-3H3,(H2,30,32). The summed E-state index contributed by atoms with van der Waals surface area (Å²) in [5.41, 5.74) is 13.2. The fourth-order valence-corrected chi connectivity index (χ4v) is 4.96. The molecule has 12 heteroatoms. The Hall–Kier alpha value is -4.97. The van der Waals surface area contributed by atoms with Gasteiger partial charge in [0, 0.05) is 29.3 Å². The summed E-state index contributed by atoms with van der Waals surface area (Å²) in [4.78, 5) is 11.0. The van der Waals surface area contributed by atoms with Gasteiger partial charge in [-0.15, -0.1) is 10.2 Å². The number of nitrogens with two attached hydrogens (primary N) is 1. The predicted molar refractivity (Wildman–Crippen MR) is 160 cm³/mol. The quantitative estimate of drug-likeness (QED) is 0.290. The molecule has 2 aromatic heterocycles. The molecule has 0 bridgehead atoms. The van der Waals surface area contributed by atoms with Gasteiger partial charge in [0.2, 0.25) is 5.88 Å². The number of fused-ring (bicyclic) bond motifs is 2. The van der Waals surface area contributed by atoms with Gasteiger partial charge in [-0.2, -0.15) is 0 Å². The second-order valence-electron chi connectivity index (χ2n) is 9.92. The van der Waals surface area contributed by atoms with Gasteiger partial charge >= 0.3 is 0 Å². The van der Waals surface area contributed by atoms with Crippen molar-refractivity contribution in [2.45, 2.75) is 19.2 Å². The lowest BCUT2D eigenvalue weighted by Gasteiger charge is -2.30. The molecule has 6 rings (SSSR count). The highest BCUT2D eigenvalue weighted by atomic mass is 32.2. The van der Waals surface area contributed by atoms with Crippen LogP contribution < -0.4 is 20.7 Å². The largest absolute Gasteiger partial charge is 0.439 e. The highest BCUT2D eigenvalue weighted by Gasteiger charge is 2.22. The first kappa shape index (κ1) is 26.3. The van der Waals surface area contributed by atoms with Crippen LogP contribution in [0.2, 0.25) is 0 Å². The van der Waals surface area contributed by atoms with E-state index in [2.05, 4.69) is 30.4 Å². The fraction of sp³-hybridized carbons (Fsp3) is 0.172. The highest BCUT2D eigenvalue weighted by molar-refractivity contribution is 7.91. The molecule has 3 N–H and O–H groups in total. The molecule has 5 aromatic rings. The van der Waals surface area contributed by atoms with Gasteiger partial charge in [-0.1, -0.05) is 18.2 Å². The van der Waals surface area contributed by atoms with Crippen LogP contribution >= 0.6 is 0 Å². The highest BCUT2D eigenvalue weighted by Crippen LogP contribution is 2.37. The third kappa shape index (κ3) is 5.29. The molecule has 3 heterocycles. The van der Waals surface area contributed by atoms with Crippen LogP contribution in [-0.2, 0) is 9.84 Å². The number of sulfone groups is 1. The van der Waals surface area contributed by atoms with E-state index in [0.29, 0.717) is 29.8 Å². The molecule has 0 spiro atoms. The van der Waals surface area contributed by atoms with Crippen molar-refractivity contribution in [1.29, 1.82) is 0 Å². The Kier molecular flexibility index (Phi) is 6.54. The number of amidine groups is 1. The van der Waals surface area contributed by atoms with E-state index in [1.807, 2.05) is 67.6 Å². The fourth-order valence-electron chi connectivity index (χ4n) is 4.61. The summed E-state index contributed by atoms with van der Waals surface area (Å²) < 4.78 is 31.5. The first-order chi connectivity index (χ1) is 19.7. The van der Waals surface area contributed by atoms with E-state index >= 15 is 0 Å². The zero-order chi connectivity index (χ0) is 28.7. The molecular formula is C29H28N8O3S. The van der Waals surface area contributed by atoms with E-state index < -0.39 is 15.2 Å². The van der Waals surface area contributed by atoms with Gasteiger partial charge in [-0.25, -0.2) is 18.4 Å². The zero-order valence-corrected chi connectivity index (χ0v) is 23.5. The molecule has 0 radical (unpaired) electrons. The zero-order valence-electron chi connectivity index (χ0n) is 22.7. The van der Waals surface area contributed by atoms with Crippen molar-refractivity contribution in [3.05, 3.63) is 90.5 Å². The molecule has 41 heavy (non-hydrogen) atoms. The number of anilines is 3. The Labute approximate surface area is 237 Å². The van der Waals surface area contributed by atoms with Gasteiger partial charge < -0.3 is 20.7 Å². The van der Waals surface area contributed by atoms with Crippen LogP contribution in [0.4, 0.5) is 17.1 Å². The van der Waals surface area contributed by atoms with E-state index in [1.165, 1.54) is 6.26 Å². The number of benzene rings is 3. The first-order valence-electron chi connectivity index (χ1n) is 12.9. The lowest BCUT2D eigenvalue weighted by Crippen LogP contribution is -2.29. The summed E-state index contributed by atoms with van der Waals surface area (Å²) in [5.74, 6) is 1.57. The third-order valence-electron chi connectivity index (χ3n) is 7.00. The van der Waals surface area contributed by atoms with Crippen molar-refractivity contribution < 1.29 is 13.2 Å². The second-order valence-corrected chi connectivity index (χ2v) is 12.3. The number of nitrogens with zero attached hydrogens (tertiary/aromatic N) is 6. The molecule has 0 fully saturated rings. The molecule has 0 saturated heterocycles. The summed E-state index contributed by atoms with van der Waals surface area (Å²) in [6.45, 7) is 3.99. The molecule has 1 atom stereocenters. The molecule has 11 nitrogen and oxygen atoms in total. The maximum absolute atomic E-state index is 11.9. The van der Waals surface area contributed by atoms with Gasteiger partial charge in [0.05, 0.1) is 5.69 Å². The number of rotatable bonds is 7. The number of hydrogen-bond donors (Lipinski definition) is 2. The Morgan fingerprint density at radius 1 is 1.02 bits per heavy atom. The van der Waals surface area contributed by atoms with Gasteiger partial charge in [0.1, 0.15) is 36.3 Å². The minimum Gasteiger partial charge on any atom is -0.439 e. The Balaban J connectivity index is 1.26. The van der Waals surface area contributed by atoms with Crippen LogP contribution in [0.5, 0.6) is 11.6 Å². The van der Waals surface area contributed by atoms with Crippen molar-refractivity contribution in [1.82, 2.24) is 19.6 Å². The van der Waals surface area contributed by atoms with Crippen LogP contribution in [0, 0.1) is 6.92 Å². The molecule has 1 unspecified atom stereocenters. The summed E-state index contributed by atoms with van der Waals surface area (Å²) in [6, 6.07) is 21.4. The average Bonchev–Trinajstić information content (AvgIpc) is 3.42. The van der Waals surface area contributed by atoms with Crippen molar-refractivity contribution in [2.24, 2.45) is 10.7 Å². The van der Waals surface area contributed by atoms with Crippen molar-refractivity contribution in [3.8, 4) is 22.8 Å². The van der Waals surface area contributed by atoms with Gasteiger partial charge in [-0.3, -0.25) is 4.40 Å². The van der Waals surface area contributed by atoms with Crippen LogP contribution in [0.3, 0.4) is 0 Å². The number of aromatic nitrogens is 4. The molecule has 1 aliphatic heterocycles. The van der Waals surface area contributed by atoms with Crippen LogP contribution in [0.15, 0.2) is 84.4 Å². The SMILES string of the molecule is Cc1cc(N2CN=C(N)c3cc(-c4cccc(NC(C)S(C)(=O)=O)c4)ccc32)ccc1Oc1cc2nncn2cn1. The van der Waals surface area contributed by atoms with Crippen LogP contribution in [0.1, 0.15) is 18.1 Å². The normalized spacial score (nSPS) is 13.9. The summed E-state index contributed by atoms with van der Waals surface area (Å²) in [5, 5.41) is 10.3. The van der Waals surface area contributed by atoms with E-state index in [4.69, 9.17) is 10.5 Å².